The Balaban J connectivity index is 1.94. The number of fused-ring (bicyclic) bond motifs is 1. The summed E-state index contributed by atoms with van der Waals surface area (Å²) in [7, 11) is 0. The zero-order valence-electron chi connectivity index (χ0n) is 14.5. The number of nitrogens with one attached hydrogen (secondary N) is 2. The molecule has 1 amide bonds. The molecule has 0 radical (unpaired) electrons. The van der Waals surface area contributed by atoms with Crippen LogP contribution in [0.5, 0.6) is 0 Å². The second kappa shape index (κ2) is 7.32. The Morgan fingerprint density at radius 1 is 1.43 bits per heavy atom. The Morgan fingerprint density at radius 2 is 2.17 bits per heavy atom. The minimum atomic E-state index is -0.500. The molecule has 5 nitrogen and oxygen atoms in total. The maximum absolute atomic E-state index is 11.8. The largest absolute Gasteiger partial charge is 0.444 e. The SMILES string of the molecule is CC(O)CCNC1CCc2cc(NC(=O)OC(C)(C)C)ccc21. The van der Waals surface area contributed by atoms with Crippen molar-refractivity contribution in [3.8, 4) is 0 Å². The van der Waals surface area contributed by atoms with Crippen molar-refractivity contribution < 1.29 is 14.6 Å². The first kappa shape index (κ1) is 17.8. The summed E-state index contributed by atoms with van der Waals surface area (Å²) in [5.41, 5.74) is 2.81. The van der Waals surface area contributed by atoms with Crippen LogP contribution < -0.4 is 10.6 Å². The highest BCUT2D eigenvalue weighted by Crippen LogP contribution is 2.33. The molecule has 0 saturated carbocycles. The molecule has 0 aromatic heterocycles. The fourth-order valence-electron chi connectivity index (χ4n) is 2.80. The maximum atomic E-state index is 11.8. The van der Waals surface area contributed by atoms with E-state index in [1.807, 2.05) is 32.9 Å². The third-order valence-corrected chi connectivity index (χ3v) is 3.82. The number of hydrogen-bond acceptors (Lipinski definition) is 4. The van der Waals surface area contributed by atoms with E-state index in [-0.39, 0.29) is 6.10 Å². The summed E-state index contributed by atoms with van der Waals surface area (Å²) in [6.45, 7) is 8.15. The molecular formula is C18H28N2O3. The van der Waals surface area contributed by atoms with Crippen molar-refractivity contribution in [2.45, 2.75) is 64.7 Å². The van der Waals surface area contributed by atoms with Gasteiger partial charge in [-0.05, 0) is 76.8 Å². The normalized spacial score (nSPS) is 18.4. The first-order valence-electron chi connectivity index (χ1n) is 8.29. The fourth-order valence-corrected chi connectivity index (χ4v) is 2.80. The van der Waals surface area contributed by atoms with E-state index in [1.165, 1.54) is 11.1 Å². The van der Waals surface area contributed by atoms with Gasteiger partial charge in [0.1, 0.15) is 5.60 Å². The van der Waals surface area contributed by atoms with Gasteiger partial charge in [0, 0.05) is 11.7 Å². The number of aliphatic hydroxyl groups excluding tert-OH is 1. The number of anilines is 1. The van der Waals surface area contributed by atoms with Crippen molar-refractivity contribution in [1.82, 2.24) is 5.32 Å². The predicted molar refractivity (Wildman–Crippen MR) is 91.7 cm³/mol. The second-order valence-corrected chi connectivity index (χ2v) is 7.22. The number of hydrogen-bond donors (Lipinski definition) is 3. The lowest BCUT2D eigenvalue weighted by Gasteiger charge is -2.20. The third kappa shape index (κ3) is 5.52. The molecule has 1 aromatic carbocycles. The van der Waals surface area contributed by atoms with Crippen LogP contribution in [-0.4, -0.2) is 29.4 Å². The summed E-state index contributed by atoms with van der Waals surface area (Å²) >= 11 is 0. The highest BCUT2D eigenvalue weighted by atomic mass is 16.6. The Morgan fingerprint density at radius 3 is 2.83 bits per heavy atom. The monoisotopic (exact) mass is 320 g/mol. The maximum Gasteiger partial charge on any atom is 0.412 e. The molecule has 1 aromatic rings. The van der Waals surface area contributed by atoms with Crippen molar-refractivity contribution in [2.75, 3.05) is 11.9 Å². The summed E-state index contributed by atoms with van der Waals surface area (Å²) < 4.78 is 5.27. The van der Waals surface area contributed by atoms with Crippen molar-refractivity contribution in [2.24, 2.45) is 0 Å². The van der Waals surface area contributed by atoms with Gasteiger partial charge >= 0.3 is 6.09 Å². The van der Waals surface area contributed by atoms with Gasteiger partial charge in [-0.3, -0.25) is 5.32 Å². The molecule has 2 rings (SSSR count). The van der Waals surface area contributed by atoms with Gasteiger partial charge in [0.2, 0.25) is 0 Å². The smallest absolute Gasteiger partial charge is 0.412 e. The van der Waals surface area contributed by atoms with Crippen LogP contribution in [0.1, 0.15) is 57.7 Å². The Bertz CT molecular complexity index is 550. The van der Waals surface area contributed by atoms with Crippen LogP contribution in [0.4, 0.5) is 10.5 Å². The minimum Gasteiger partial charge on any atom is -0.444 e. The number of rotatable bonds is 5. The Hall–Kier alpha value is -1.59. The van der Waals surface area contributed by atoms with E-state index in [1.54, 1.807) is 6.92 Å². The minimum absolute atomic E-state index is 0.274. The molecule has 0 fully saturated rings. The zero-order valence-corrected chi connectivity index (χ0v) is 14.5. The molecule has 0 bridgehead atoms. The van der Waals surface area contributed by atoms with Crippen molar-refractivity contribution in [3.63, 3.8) is 0 Å². The molecule has 23 heavy (non-hydrogen) atoms. The second-order valence-electron chi connectivity index (χ2n) is 7.22. The van der Waals surface area contributed by atoms with Gasteiger partial charge in [-0.1, -0.05) is 6.07 Å². The number of aliphatic hydroxyl groups is 1. The van der Waals surface area contributed by atoms with E-state index in [0.29, 0.717) is 6.04 Å². The first-order valence-corrected chi connectivity index (χ1v) is 8.29. The molecule has 0 aliphatic heterocycles. The van der Waals surface area contributed by atoms with Crippen LogP contribution in [0.3, 0.4) is 0 Å². The van der Waals surface area contributed by atoms with Crippen LogP contribution >= 0.6 is 0 Å². The molecular weight excluding hydrogens is 292 g/mol. The van der Waals surface area contributed by atoms with E-state index in [9.17, 15) is 9.90 Å². The van der Waals surface area contributed by atoms with Gasteiger partial charge in [-0.25, -0.2) is 4.79 Å². The number of carbonyl (C=O) groups is 1. The average molecular weight is 320 g/mol. The molecule has 0 saturated heterocycles. The fraction of sp³-hybridized carbons (Fsp3) is 0.611. The van der Waals surface area contributed by atoms with Gasteiger partial charge in [0.05, 0.1) is 6.10 Å². The average Bonchev–Trinajstić information content (AvgIpc) is 2.78. The molecule has 0 spiro atoms. The summed E-state index contributed by atoms with van der Waals surface area (Å²) in [5, 5.41) is 15.6. The predicted octanol–water partition coefficient (Wildman–Crippen LogP) is 3.38. The Kier molecular flexibility index (Phi) is 5.65. The molecule has 3 N–H and O–H groups in total. The van der Waals surface area contributed by atoms with Crippen molar-refractivity contribution in [1.29, 1.82) is 0 Å². The number of ether oxygens (including phenoxy) is 1. The molecule has 5 heteroatoms. The van der Waals surface area contributed by atoms with E-state index in [4.69, 9.17) is 4.74 Å². The van der Waals surface area contributed by atoms with Gasteiger partial charge in [-0.2, -0.15) is 0 Å². The quantitative estimate of drug-likeness (QED) is 0.778. The van der Waals surface area contributed by atoms with E-state index in [0.717, 1.165) is 31.5 Å². The van der Waals surface area contributed by atoms with E-state index < -0.39 is 11.7 Å². The number of carbonyl (C=O) groups excluding carboxylic acids is 1. The number of amides is 1. The van der Waals surface area contributed by atoms with Gasteiger partial charge < -0.3 is 15.2 Å². The Labute approximate surface area is 138 Å². The highest BCUT2D eigenvalue weighted by molar-refractivity contribution is 5.85. The van der Waals surface area contributed by atoms with Gasteiger partial charge in [0.25, 0.3) is 0 Å². The molecule has 0 heterocycles. The summed E-state index contributed by atoms with van der Waals surface area (Å²) in [6, 6.07) is 6.33. The van der Waals surface area contributed by atoms with Crippen molar-refractivity contribution >= 4 is 11.8 Å². The van der Waals surface area contributed by atoms with Crippen LogP contribution in [0, 0.1) is 0 Å². The molecule has 128 valence electrons. The lowest BCUT2D eigenvalue weighted by atomic mass is 10.1. The topological polar surface area (TPSA) is 70.6 Å². The van der Waals surface area contributed by atoms with Crippen LogP contribution in [0.25, 0.3) is 0 Å². The van der Waals surface area contributed by atoms with Crippen LogP contribution in [0.2, 0.25) is 0 Å². The highest BCUT2D eigenvalue weighted by Gasteiger charge is 2.23. The standard InChI is InChI=1S/C18H28N2O3/c1-12(21)9-10-19-16-8-5-13-11-14(6-7-15(13)16)20-17(22)23-18(2,3)4/h6-7,11-12,16,19,21H,5,8-10H2,1-4H3,(H,20,22). The zero-order chi connectivity index (χ0) is 17.0. The lowest BCUT2D eigenvalue weighted by Crippen LogP contribution is -2.27. The lowest BCUT2D eigenvalue weighted by molar-refractivity contribution is 0.0636. The summed E-state index contributed by atoms with van der Waals surface area (Å²) in [4.78, 5) is 11.8. The van der Waals surface area contributed by atoms with E-state index >= 15 is 0 Å². The third-order valence-electron chi connectivity index (χ3n) is 3.82. The number of benzene rings is 1. The molecule has 1 aliphatic carbocycles. The summed E-state index contributed by atoms with van der Waals surface area (Å²) in [5.74, 6) is 0. The van der Waals surface area contributed by atoms with Crippen molar-refractivity contribution in [3.05, 3.63) is 29.3 Å². The van der Waals surface area contributed by atoms with Gasteiger partial charge in [-0.15, -0.1) is 0 Å². The van der Waals surface area contributed by atoms with Gasteiger partial charge in [0.15, 0.2) is 0 Å². The van der Waals surface area contributed by atoms with Crippen LogP contribution in [0.15, 0.2) is 18.2 Å². The number of aryl methyl sites for hydroxylation is 1. The molecule has 2 atom stereocenters. The molecule has 1 aliphatic rings. The first-order chi connectivity index (χ1) is 10.7. The molecule has 2 unspecified atom stereocenters. The van der Waals surface area contributed by atoms with E-state index in [2.05, 4.69) is 16.7 Å². The van der Waals surface area contributed by atoms with Crippen LogP contribution in [-0.2, 0) is 11.2 Å². The summed E-state index contributed by atoms with van der Waals surface area (Å²) in [6.07, 6.45) is 2.09.